The average Bonchev–Trinajstić information content (AvgIpc) is 2.89. The lowest BCUT2D eigenvalue weighted by atomic mass is 10.1. The van der Waals surface area contributed by atoms with Crippen LogP contribution < -0.4 is 11.2 Å². The van der Waals surface area contributed by atoms with Gasteiger partial charge in [-0.1, -0.05) is 12.1 Å². The van der Waals surface area contributed by atoms with Crippen LogP contribution in [0.25, 0.3) is 22.2 Å². The zero-order chi connectivity index (χ0) is 17.7. The van der Waals surface area contributed by atoms with Crippen LogP contribution in [0.1, 0.15) is 6.23 Å². The number of rotatable bonds is 2. The van der Waals surface area contributed by atoms with Crippen molar-refractivity contribution in [1.82, 2.24) is 19.5 Å². The van der Waals surface area contributed by atoms with E-state index < -0.39 is 42.4 Å². The molecular formula is C15H14N4O6. The molecule has 130 valence electrons. The lowest BCUT2D eigenvalue weighted by Gasteiger charge is -2.16. The van der Waals surface area contributed by atoms with Crippen LogP contribution >= 0.6 is 0 Å². The molecule has 4 atom stereocenters. The summed E-state index contributed by atoms with van der Waals surface area (Å²) in [5.74, 6) is 0. The van der Waals surface area contributed by atoms with E-state index in [1.54, 1.807) is 24.3 Å². The summed E-state index contributed by atoms with van der Waals surface area (Å²) in [6.45, 7) is -0.570. The van der Waals surface area contributed by atoms with Gasteiger partial charge in [0, 0.05) is 0 Å². The summed E-state index contributed by atoms with van der Waals surface area (Å²) in [7, 11) is 0. The molecule has 1 fully saturated rings. The van der Waals surface area contributed by atoms with Gasteiger partial charge in [-0.2, -0.15) is 0 Å². The summed E-state index contributed by atoms with van der Waals surface area (Å²) in [5.41, 5.74) is -0.793. The van der Waals surface area contributed by atoms with Crippen molar-refractivity contribution in [2.45, 2.75) is 24.5 Å². The Bertz CT molecular complexity index is 1080. The third-order valence-corrected chi connectivity index (χ3v) is 4.21. The minimum absolute atomic E-state index is 0.0108. The number of para-hydroxylation sites is 2. The molecule has 4 N–H and O–H groups in total. The Morgan fingerprint density at radius 2 is 1.80 bits per heavy atom. The second-order valence-electron chi connectivity index (χ2n) is 5.74. The standard InChI is InChI=1S/C15H14N4O6/c20-5-8-10(21)11(22)14(25-8)19-13(23)9-12(18-15(19)24)17-7-4-2-1-3-6(7)16-9/h1-4,8,10-11,14,20-22H,5H2,(H,17,18,24)/t8-,10-,11-,14-/m1/s1. The Kier molecular flexibility index (Phi) is 3.62. The van der Waals surface area contributed by atoms with Crippen LogP contribution in [0, 0.1) is 0 Å². The fourth-order valence-corrected chi connectivity index (χ4v) is 2.93. The molecular weight excluding hydrogens is 332 g/mol. The summed E-state index contributed by atoms with van der Waals surface area (Å²) in [6, 6.07) is 6.85. The van der Waals surface area contributed by atoms with Gasteiger partial charge < -0.3 is 20.1 Å². The Labute approximate surface area is 139 Å². The van der Waals surface area contributed by atoms with Crippen LogP contribution in [0.15, 0.2) is 33.9 Å². The van der Waals surface area contributed by atoms with E-state index in [0.29, 0.717) is 15.6 Å². The minimum atomic E-state index is -1.55. The zero-order valence-corrected chi connectivity index (χ0v) is 12.7. The van der Waals surface area contributed by atoms with E-state index in [1.807, 2.05) is 0 Å². The van der Waals surface area contributed by atoms with Gasteiger partial charge in [0.25, 0.3) is 5.56 Å². The molecule has 0 bridgehead atoms. The molecule has 0 spiro atoms. The molecule has 1 aromatic carbocycles. The quantitative estimate of drug-likeness (QED) is 0.399. The number of benzene rings is 1. The number of nitrogens with one attached hydrogen (secondary N) is 1. The number of aliphatic hydroxyl groups is 3. The minimum Gasteiger partial charge on any atom is -0.394 e. The molecule has 10 heteroatoms. The van der Waals surface area contributed by atoms with Crippen molar-refractivity contribution < 1.29 is 20.1 Å². The molecule has 4 rings (SSSR count). The molecule has 10 nitrogen and oxygen atoms in total. The number of nitrogens with zero attached hydrogens (tertiary/aromatic N) is 3. The van der Waals surface area contributed by atoms with Crippen molar-refractivity contribution in [1.29, 1.82) is 0 Å². The third-order valence-electron chi connectivity index (χ3n) is 4.21. The molecule has 3 aromatic rings. The molecule has 0 saturated carbocycles. The van der Waals surface area contributed by atoms with Crippen molar-refractivity contribution in [3.8, 4) is 0 Å². The Morgan fingerprint density at radius 1 is 1.12 bits per heavy atom. The molecule has 1 aliphatic heterocycles. The first-order valence-electron chi connectivity index (χ1n) is 7.55. The summed E-state index contributed by atoms with van der Waals surface area (Å²) in [6.07, 6.45) is -5.53. The SMILES string of the molecule is O=c1[nH]c2nc3ccccc3nc2c(=O)n1[C@@H]1O[C@H](CO)[C@@H](O)[C@H]1O. The van der Waals surface area contributed by atoms with Crippen LogP contribution in [0.2, 0.25) is 0 Å². The average molecular weight is 346 g/mol. The van der Waals surface area contributed by atoms with Gasteiger partial charge in [-0.3, -0.25) is 9.78 Å². The molecule has 3 heterocycles. The van der Waals surface area contributed by atoms with Crippen LogP contribution in [0.4, 0.5) is 0 Å². The van der Waals surface area contributed by atoms with E-state index >= 15 is 0 Å². The van der Waals surface area contributed by atoms with Gasteiger partial charge in [-0.05, 0) is 12.1 Å². The van der Waals surface area contributed by atoms with E-state index in [-0.39, 0.29) is 11.2 Å². The van der Waals surface area contributed by atoms with Crippen LogP contribution in [0.5, 0.6) is 0 Å². The van der Waals surface area contributed by atoms with Crippen molar-refractivity contribution >= 4 is 22.2 Å². The van der Waals surface area contributed by atoms with E-state index in [2.05, 4.69) is 15.0 Å². The van der Waals surface area contributed by atoms with Gasteiger partial charge in [0.05, 0.1) is 17.6 Å². The van der Waals surface area contributed by atoms with Crippen molar-refractivity contribution in [3.63, 3.8) is 0 Å². The van der Waals surface area contributed by atoms with E-state index in [9.17, 15) is 19.8 Å². The van der Waals surface area contributed by atoms with Gasteiger partial charge in [0.2, 0.25) is 0 Å². The fourth-order valence-electron chi connectivity index (χ4n) is 2.93. The van der Waals surface area contributed by atoms with Crippen molar-refractivity contribution in [2.24, 2.45) is 0 Å². The first-order valence-corrected chi connectivity index (χ1v) is 7.55. The summed E-state index contributed by atoms with van der Waals surface area (Å²) in [4.78, 5) is 35.9. The summed E-state index contributed by atoms with van der Waals surface area (Å²) in [5, 5.41) is 29.1. The first kappa shape index (κ1) is 15.8. The molecule has 1 aliphatic rings. The zero-order valence-electron chi connectivity index (χ0n) is 12.7. The number of hydrogen-bond donors (Lipinski definition) is 4. The van der Waals surface area contributed by atoms with Crippen LogP contribution in [-0.4, -0.2) is 59.8 Å². The highest BCUT2D eigenvalue weighted by Gasteiger charge is 2.44. The maximum Gasteiger partial charge on any atom is 0.332 e. The van der Waals surface area contributed by atoms with Crippen LogP contribution in [-0.2, 0) is 4.74 Å². The molecule has 25 heavy (non-hydrogen) atoms. The molecule has 2 aromatic heterocycles. The highest BCUT2D eigenvalue weighted by Crippen LogP contribution is 2.27. The van der Waals surface area contributed by atoms with E-state index in [0.717, 1.165) is 0 Å². The normalized spacial score (nSPS) is 26.5. The lowest BCUT2D eigenvalue weighted by Crippen LogP contribution is -2.43. The van der Waals surface area contributed by atoms with Crippen LogP contribution in [0.3, 0.4) is 0 Å². The van der Waals surface area contributed by atoms with Gasteiger partial charge >= 0.3 is 5.69 Å². The number of hydrogen-bond acceptors (Lipinski definition) is 8. The number of aromatic nitrogens is 4. The predicted octanol–water partition coefficient (Wildman–Crippen LogP) is -1.76. The fraction of sp³-hybridized carbons (Fsp3) is 0.333. The first-order chi connectivity index (χ1) is 12.0. The molecule has 0 amide bonds. The summed E-state index contributed by atoms with van der Waals surface area (Å²) >= 11 is 0. The van der Waals surface area contributed by atoms with Crippen molar-refractivity contribution in [2.75, 3.05) is 6.61 Å². The topological polar surface area (TPSA) is 151 Å². The molecule has 1 saturated heterocycles. The van der Waals surface area contributed by atoms with Gasteiger partial charge in [-0.25, -0.2) is 19.3 Å². The number of H-pyrrole nitrogens is 1. The maximum absolute atomic E-state index is 12.7. The maximum atomic E-state index is 12.7. The monoisotopic (exact) mass is 346 g/mol. The molecule has 0 unspecified atom stereocenters. The van der Waals surface area contributed by atoms with Gasteiger partial charge in [0.1, 0.15) is 18.3 Å². The van der Waals surface area contributed by atoms with E-state index in [4.69, 9.17) is 9.84 Å². The molecule has 0 aliphatic carbocycles. The Balaban J connectivity index is 1.95. The Hall–Kier alpha value is -2.66. The smallest absolute Gasteiger partial charge is 0.332 e. The van der Waals surface area contributed by atoms with Gasteiger partial charge in [-0.15, -0.1) is 0 Å². The second-order valence-corrected chi connectivity index (χ2v) is 5.74. The number of aliphatic hydroxyl groups excluding tert-OH is 3. The number of ether oxygens (including phenoxy) is 1. The van der Waals surface area contributed by atoms with Gasteiger partial charge in [0.15, 0.2) is 17.4 Å². The summed E-state index contributed by atoms with van der Waals surface area (Å²) < 4.78 is 5.90. The largest absolute Gasteiger partial charge is 0.394 e. The number of aromatic amines is 1. The highest BCUT2D eigenvalue weighted by molar-refractivity contribution is 5.83. The Morgan fingerprint density at radius 3 is 2.44 bits per heavy atom. The highest BCUT2D eigenvalue weighted by atomic mass is 16.6. The lowest BCUT2D eigenvalue weighted by molar-refractivity contribution is -0.0562. The van der Waals surface area contributed by atoms with Crippen molar-refractivity contribution in [3.05, 3.63) is 45.1 Å². The second kappa shape index (κ2) is 5.70. The predicted molar refractivity (Wildman–Crippen MR) is 84.9 cm³/mol. The third kappa shape index (κ3) is 2.35. The number of fused-ring (bicyclic) bond motifs is 2. The molecule has 0 radical (unpaired) electrons. The van der Waals surface area contributed by atoms with E-state index in [1.165, 1.54) is 0 Å².